The van der Waals surface area contributed by atoms with Crippen LogP contribution in [0.15, 0.2) is 82.9 Å². The van der Waals surface area contributed by atoms with Crippen molar-refractivity contribution in [3.63, 3.8) is 0 Å². The normalized spacial score (nSPS) is 30.0. The lowest BCUT2D eigenvalue weighted by atomic mass is 9.79. The minimum atomic E-state index is -0.503. The highest BCUT2D eigenvalue weighted by atomic mass is 19.1. The molecule has 6 aliphatic rings. The fraction of sp³-hybridized carbons (Fsp3) is 0.406. The van der Waals surface area contributed by atoms with Crippen LogP contribution in [0.5, 0.6) is 0 Å². The first kappa shape index (κ1) is 22.6. The first-order valence-corrected chi connectivity index (χ1v) is 14.0. The van der Waals surface area contributed by atoms with Crippen molar-refractivity contribution in [3.8, 4) is 11.3 Å². The molecule has 0 bridgehead atoms. The van der Waals surface area contributed by atoms with E-state index in [-0.39, 0.29) is 17.3 Å². The van der Waals surface area contributed by atoms with Gasteiger partial charge in [0.05, 0.1) is 23.1 Å². The van der Waals surface area contributed by atoms with Crippen LogP contribution >= 0.6 is 0 Å². The second-order valence-electron chi connectivity index (χ2n) is 12.1. The van der Waals surface area contributed by atoms with Crippen LogP contribution in [0.1, 0.15) is 51.1 Å². The number of benzene rings is 1. The molecule has 1 aromatic heterocycles. The second kappa shape index (κ2) is 7.81. The van der Waals surface area contributed by atoms with Gasteiger partial charge >= 0.3 is 0 Å². The summed E-state index contributed by atoms with van der Waals surface area (Å²) in [5, 5.41) is 7.45. The molecule has 0 amide bonds. The van der Waals surface area contributed by atoms with Crippen molar-refractivity contribution in [2.24, 2.45) is 11.3 Å². The lowest BCUT2D eigenvalue weighted by Crippen LogP contribution is -2.51. The van der Waals surface area contributed by atoms with Gasteiger partial charge in [0.15, 0.2) is 0 Å². The third-order valence-electron chi connectivity index (χ3n) is 9.80. The standard InChI is InChI=1S/C32H32F2N4/c1-19-29(27(10-14-35-19)38-15-11-23(20-6-7-20)31(18-38)12-13-31)37-32(17-21-16-24(21)32)28-9-8-26(34)30(36-28)22-4-2-3-5-25(22)33/h2-6,8-10,14,19,23,35,37H,7,11-13,15-18H2,1H3/t19?,23-,32+/m0/s1. The van der Waals surface area contributed by atoms with Gasteiger partial charge in [-0.25, -0.2) is 13.8 Å². The Balaban J connectivity index is 1.16. The van der Waals surface area contributed by atoms with Gasteiger partial charge in [-0.1, -0.05) is 29.4 Å². The number of aromatic nitrogens is 1. The summed E-state index contributed by atoms with van der Waals surface area (Å²) in [5.41, 5.74) is 7.95. The van der Waals surface area contributed by atoms with E-state index in [4.69, 9.17) is 4.98 Å². The van der Waals surface area contributed by atoms with Gasteiger partial charge in [0.1, 0.15) is 22.9 Å². The van der Waals surface area contributed by atoms with Crippen molar-refractivity contribution in [2.45, 2.75) is 57.0 Å². The Kier molecular flexibility index (Phi) is 4.64. The number of piperidine rings is 1. The Hall–Kier alpha value is -3.41. The number of rotatable bonds is 6. The predicted molar refractivity (Wildman–Crippen MR) is 143 cm³/mol. The van der Waals surface area contributed by atoms with Gasteiger partial charge in [-0.15, -0.1) is 0 Å². The molecular formula is C32H32F2N4. The Labute approximate surface area is 222 Å². The largest absolute Gasteiger partial charge is 0.383 e. The molecule has 1 saturated heterocycles. The van der Waals surface area contributed by atoms with E-state index in [9.17, 15) is 8.78 Å². The maximum absolute atomic E-state index is 14.9. The SMILES string of the molecule is CC1NC=CC(N2CC[C@@H](C3=CC3)C3(CC3)C2)=C1N[C@]1(c2ccc(F)c(-c3ccccc3F)n2)CC2=C1C2. The van der Waals surface area contributed by atoms with Gasteiger partial charge < -0.3 is 15.5 Å². The topological polar surface area (TPSA) is 40.2 Å². The molecule has 3 heterocycles. The van der Waals surface area contributed by atoms with Crippen LogP contribution in [-0.4, -0.2) is 29.0 Å². The number of likely N-dealkylation sites (tertiary alicyclic amines) is 1. The average molecular weight is 511 g/mol. The molecule has 2 fully saturated rings. The van der Waals surface area contributed by atoms with Crippen molar-refractivity contribution in [1.29, 1.82) is 0 Å². The first-order valence-electron chi connectivity index (χ1n) is 14.0. The van der Waals surface area contributed by atoms with Crippen LogP contribution in [0.2, 0.25) is 0 Å². The molecule has 1 unspecified atom stereocenters. The highest BCUT2D eigenvalue weighted by Gasteiger charge is 2.57. The third-order valence-corrected chi connectivity index (χ3v) is 9.80. The summed E-state index contributed by atoms with van der Waals surface area (Å²) in [7, 11) is 0. The molecule has 2 aliphatic heterocycles. The van der Waals surface area contributed by atoms with Crippen LogP contribution in [0.3, 0.4) is 0 Å². The minimum absolute atomic E-state index is 0.0764. The maximum atomic E-state index is 14.9. The number of halogens is 2. The van der Waals surface area contributed by atoms with E-state index in [1.165, 1.54) is 60.4 Å². The summed E-state index contributed by atoms with van der Waals surface area (Å²) >= 11 is 0. The van der Waals surface area contributed by atoms with Crippen molar-refractivity contribution >= 4 is 0 Å². The average Bonchev–Trinajstić information content (AvgIpc) is 3.81. The molecule has 3 atom stereocenters. The van der Waals surface area contributed by atoms with E-state index >= 15 is 0 Å². The predicted octanol–water partition coefficient (Wildman–Crippen LogP) is 6.06. The zero-order valence-corrected chi connectivity index (χ0v) is 21.7. The number of pyridine rings is 1. The fourth-order valence-electron chi connectivity index (χ4n) is 7.36. The summed E-state index contributed by atoms with van der Waals surface area (Å²) in [6, 6.07) is 9.63. The van der Waals surface area contributed by atoms with Crippen LogP contribution in [0.4, 0.5) is 8.78 Å². The van der Waals surface area contributed by atoms with Crippen LogP contribution in [0, 0.1) is 23.0 Å². The van der Waals surface area contributed by atoms with E-state index in [0.717, 1.165) is 37.5 Å². The lowest BCUT2D eigenvalue weighted by Gasteiger charge is -2.45. The Morgan fingerprint density at radius 2 is 1.95 bits per heavy atom. The van der Waals surface area contributed by atoms with Gasteiger partial charge in [0.25, 0.3) is 0 Å². The molecule has 38 heavy (non-hydrogen) atoms. The van der Waals surface area contributed by atoms with E-state index in [0.29, 0.717) is 5.41 Å². The number of hydrogen-bond donors (Lipinski definition) is 2. The van der Waals surface area contributed by atoms with Crippen LogP contribution < -0.4 is 10.6 Å². The van der Waals surface area contributed by atoms with Crippen molar-refractivity contribution in [2.75, 3.05) is 13.1 Å². The quantitative estimate of drug-likeness (QED) is 0.463. The van der Waals surface area contributed by atoms with Crippen molar-refractivity contribution in [1.82, 2.24) is 20.5 Å². The molecule has 1 spiro atoms. The highest BCUT2D eigenvalue weighted by Crippen LogP contribution is 2.62. The molecule has 4 nitrogen and oxygen atoms in total. The fourth-order valence-corrected chi connectivity index (χ4v) is 7.36. The molecule has 8 rings (SSSR count). The summed E-state index contributed by atoms with van der Waals surface area (Å²) < 4.78 is 29.6. The molecule has 1 aromatic carbocycles. The van der Waals surface area contributed by atoms with E-state index in [1.807, 2.05) is 0 Å². The molecule has 6 heteroatoms. The maximum Gasteiger partial charge on any atom is 0.149 e. The highest BCUT2D eigenvalue weighted by molar-refractivity contribution is 5.64. The second-order valence-corrected chi connectivity index (χ2v) is 12.1. The van der Waals surface area contributed by atoms with E-state index in [2.05, 4.69) is 40.8 Å². The Morgan fingerprint density at radius 1 is 1.11 bits per heavy atom. The first-order chi connectivity index (χ1) is 18.5. The summed E-state index contributed by atoms with van der Waals surface area (Å²) in [6.07, 6.45) is 13.7. The van der Waals surface area contributed by atoms with Gasteiger partial charge in [-0.3, -0.25) is 0 Å². The number of allylic oxidation sites excluding steroid dienone is 3. The van der Waals surface area contributed by atoms with E-state index < -0.39 is 17.2 Å². The van der Waals surface area contributed by atoms with Crippen molar-refractivity contribution < 1.29 is 8.78 Å². The molecule has 2 aromatic rings. The van der Waals surface area contributed by atoms with Gasteiger partial charge in [-0.2, -0.15) is 0 Å². The third kappa shape index (κ3) is 3.35. The Bertz CT molecular complexity index is 1500. The van der Waals surface area contributed by atoms with Crippen LogP contribution in [0.25, 0.3) is 11.3 Å². The molecule has 2 N–H and O–H groups in total. The number of dihydropyridines is 1. The van der Waals surface area contributed by atoms with Gasteiger partial charge in [-0.05, 0) is 92.5 Å². The smallest absolute Gasteiger partial charge is 0.149 e. The monoisotopic (exact) mass is 510 g/mol. The molecule has 0 radical (unpaired) electrons. The molecule has 194 valence electrons. The van der Waals surface area contributed by atoms with Gasteiger partial charge in [0.2, 0.25) is 0 Å². The zero-order chi connectivity index (χ0) is 25.6. The molecular weight excluding hydrogens is 478 g/mol. The van der Waals surface area contributed by atoms with Crippen molar-refractivity contribution in [3.05, 3.63) is 100 Å². The zero-order valence-electron chi connectivity index (χ0n) is 21.7. The molecule has 1 saturated carbocycles. The number of nitrogens with one attached hydrogen (secondary N) is 2. The number of hydrogen-bond acceptors (Lipinski definition) is 4. The van der Waals surface area contributed by atoms with Crippen LogP contribution in [-0.2, 0) is 5.54 Å². The van der Waals surface area contributed by atoms with Gasteiger partial charge in [0, 0.05) is 25.1 Å². The summed E-state index contributed by atoms with van der Waals surface area (Å²) in [4.78, 5) is 7.38. The summed E-state index contributed by atoms with van der Waals surface area (Å²) in [5.74, 6) is -0.189. The number of nitrogens with zero attached hydrogens (tertiary/aromatic N) is 2. The van der Waals surface area contributed by atoms with E-state index in [1.54, 1.807) is 29.8 Å². The summed E-state index contributed by atoms with van der Waals surface area (Å²) in [6.45, 7) is 4.37. The minimum Gasteiger partial charge on any atom is -0.383 e. The Morgan fingerprint density at radius 3 is 2.66 bits per heavy atom. The lowest BCUT2D eigenvalue weighted by molar-refractivity contribution is 0.154. The molecule has 4 aliphatic carbocycles.